The maximum absolute atomic E-state index is 11.0. The molecule has 6 atom stereocenters. The smallest absolute Gasteiger partial charge is 0.168 e. The van der Waals surface area contributed by atoms with Gasteiger partial charge in [0, 0.05) is 18.8 Å². The summed E-state index contributed by atoms with van der Waals surface area (Å²) in [6.07, 6.45) is 9.12. The Morgan fingerprint density at radius 3 is 2.65 bits per heavy atom. The standard InChI is InChI=1S/C20H30O3/c1-13-5-6-19-12-15(13)17(21)16(19)4-3-14-11-20(22-9-10-23-20)8-7-18(14,19)2/h14-17,21H,1,3-12H2,2H3/t14-,15-,16+,17+,18+,19+/m1/s1. The summed E-state index contributed by atoms with van der Waals surface area (Å²) >= 11 is 0. The Hall–Kier alpha value is -0.380. The second kappa shape index (κ2) is 4.62. The van der Waals surface area contributed by atoms with Crippen LogP contribution in [0.15, 0.2) is 12.2 Å². The minimum Gasteiger partial charge on any atom is -0.392 e. The zero-order valence-corrected chi connectivity index (χ0v) is 14.4. The van der Waals surface area contributed by atoms with Gasteiger partial charge >= 0.3 is 0 Å². The maximum Gasteiger partial charge on any atom is 0.168 e. The first-order valence-corrected chi connectivity index (χ1v) is 9.63. The van der Waals surface area contributed by atoms with Crippen molar-refractivity contribution in [2.45, 2.75) is 70.2 Å². The Morgan fingerprint density at radius 2 is 1.87 bits per heavy atom. The predicted octanol–water partition coefficient (Wildman–Crippen LogP) is 3.66. The molecule has 0 aromatic carbocycles. The minimum absolute atomic E-state index is 0.141. The van der Waals surface area contributed by atoms with E-state index in [2.05, 4.69) is 13.5 Å². The average molecular weight is 318 g/mol. The molecule has 1 saturated heterocycles. The summed E-state index contributed by atoms with van der Waals surface area (Å²) in [5.41, 5.74) is 1.99. The van der Waals surface area contributed by atoms with Gasteiger partial charge in [0.05, 0.1) is 19.3 Å². The highest BCUT2D eigenvalue weighted by atomic mass is 16.7. The molecule has 4 aliphatic carbocycles. The molecule has 4 saturated carbocycles. The molecule has 1 aliphatic heterocycles. The molecule has 2 spiro atoms. The summed E-state index contributed by atoms with van der Waals surface area (Å²) in [4.78, 5) is 0. The van der Waals surface area contributed by atoms with Crippen LogP contribution in [0.3, 0.4) is 0 Å². The fraction of sp³-hybridized carbons (Fsp3) is 0.900. The summed E-state index contributed by atoms with van der Waals surface area (Å²) in [5, 5.41) is 11.0. The molecule has 128 valence electrons. The quantitative estimate of drug-likeness (QED) is 0.693. The van der Waals surface area contributed by atoms with E-state index in [0.29, 0.717) is 28.6 Å². The van der Waals surface area contributed by atoms with E-state index in [9.17, 15) is 5.11 Å². The van der Waals surface area contributed by atoms with E-state index in [4.69, 9.17) is 9.47 Å². The predicted molar refractivity (Wildman–Crippen MR) is 87.7 cm³/mol. The van der Waals surface area contributed by atoms with E-state index < -0.39 is 0 Å². The molecule has 0 radical (unpaired) electrons. The second-order valence-corrected chi connectivity index (χ2v) is 9.23. The largest absolute Gasteiger partial charge is 0.392 e. The van der Waals surface area contributed by atoms with Gasteiger partial charge in [0.1, 0.15) is 0 Å². The van der Waals surface area contributed by atoms with E-state index in [1.807, 2.05) is 0 Å². The van der Waals surface area contributed by atoms with Gasteiger partial charge in [0.15, 0.2) is 5.79 Å². The molecule has 1 N–H and O–H groups in total. The van der Waals surface area contributed by atoms with Gasteiger partial charge in [-0.2, -0.15) is 0 Å². The molecule has 0 aromatic rings. The molecule has 23 heavy (non-hydrogen) atoms. The average Bonchev–Trinajstić information content (AvgIpc) is 3.09. The third-order valence-corrected chi connectivity index (χ3v) is 8.80. The lowest BCUT2D eigenvalue weighted by atomic mass is 9.43. The van der Waals surface area contributed by atoms with Crippen molar-refractivity contribution < 1.29 is 14.6 Å². The lowest BCUT2D eigenvalue weighted by Gasteiger charge is -2.62. The van der Waals surface area contributed by atoms with Gasteiger partial charge in [-0.05, 0) is 61.2 Å². The Balaban J connectivity index is 1.51. The lowest BCUT2D eigenvalue weighted by molar-refractivity contribution is -0.239. The fourth-order valence-corrected chi connectivity index (χ4v) is 7.48. The van der Waals surface area contributed by atoms with Crippen LogP contribution in [0.5, 0.6) is 0 Å². The third-order valence-electron chi connectivity index (χ3n) is 8.80. The van der Waals surface area contributed by atoms with Crippen LogP contribution in [0.25, 0.3) is 0 Å². The van der Waals surface area contributed by atoms with E-state index in [0.717, 1.165) is 32.5 Å². The van der Waals surface area contributed by atoms with Crippen LogP contribution in [-0.4, -0.2) is 30.2 Å². The lowest BCUT2D eigenvalue weighted by Crippen LogP contribution is -2.57. The molecular weight excluding hydrogens is 288 g/mol. The molecule has 5 rings (SSSR count). The number of ether oxygens (including phenoxy) is 2. The molecule has 2 bridgehead atoms. The maximum atomic E-state index is 11.0. The van der Waals surface area contributed by atoms with Crippen LogP contribution in [0.2, 0.25) is 0 Å². The third kappa shape index (κ3) is 1.72. The van der Waals surface area contributed by atoms with E-state index in [1.165, 1.54) is 37.7 Å². The first kappa shape index (κ1) is 14.9. The summed E-state index contributed by atoms with van der Waals surface area (Å²) in [5.74, 6) is 1.26. The highest BCUT2D eigenvalue weighted by molar-refractivity contribution is 5.24. The van der Waals surface area contributed by atoms with Gasteiger partial charge in [-0.25, -0.2) is 0 Å². The van der Waals surface area contributed by atoms with Gasteiger partial charge < -0.3 is 14.6 Å². The Bertz CT molecular complexity index is 537. The molecule has 3 heteroatoms. The SMILES string of the molecule is C=C1CC[C@]23C[C@H]1[C@H](O)[C@@H]2CC[C@@H]1CC2(CC[C@@]13C)OCCO2. The fourth-order valence-electron chi connectivity index (χ4n) is 7.48. The van der Waals surface area contributed by atoms with Gasteiger partial charge in [0.25, 0.3) is 0 Å². The summed E-state index contributed by atoms with van der Waals surface area (Å²) in [6, 6.07) is 0. The number of rotatable bonds is 0. The Morgan fingerprint density at radius 1 is 1.09 bits per heavy atom. The molecule has 0 aromatic heterocycles. The Kier molecular flexibility index (Phi) is 3.00. The zero-order valence-electron chi connectivity index (χ0n) is 14.4. The first-order valence-electron chi connectivity index (χ1n) is 9.63. The molecule has 1 heterocycles. The number of fused-ring (bicyclic) bond motifs is 2. The molecule has 0 amide bonds. The van der Waals surface area contributed by atoms with Crippen LogP contribution in [0, 0.1) is 28.6 Å². The van der Waals surface area contributed by atoms with Crippen molar-refractivity contribution in [3.8, 4) is 0 Å². The van der Waals surface area contributed by atoms with Crippen LogP contribution >= 0.6 is 0 Å². The van der Waals surface area contributed by atoms with Crippen molar-refractivity contribution >= 4 is 0 Å². The van der Waals surface area contributed by atoms with Crippen molar-refractivity contribution in [2.75, 3.05) is 13.2 Å². The van der Waals surface area contributed by atoms with Crippen LogP contribution in [-0.2, 0) is 9.47 Å². The van der Waals surface area contributed by atoms with E-state index >= 15 is 0 Å². The number of aliphatic hydroxyl groups excluding tert-OH is 1. The van der Waals surface area contributed by atoms with Crippen molar-refractivity contribution in [2.24, 2.45) is 28.6 Å². The van der Waals surface area contributed by atoms with Crippen molar-refractivity contribution in [1.82, 2.24) is 0 Å². The topological polar surface area (TPSA) is 38.7 Å². The highest BCUT2D eigenvalue weighted by Gasteiger charge is 2.68. The molecule has 0 unspecified atom stereocenters. The van der Waals surface area contributed by atoms with Crippen molar-refractivity contribution in [3.63, 3.8) is 0 Å². The van der Waals surface area contributed by atoms with Gasteiger partial charge in [0.2, 0.25) is 0 Å². The van der Waals surface area contributed by atoms with Crippen LogP contribution < -0.4 is 0 Å². The van der Waals surface area contributed by atoms with Crippen molar-refractivity contribution in [3.05, 3.63) is 12.2 Å². The second-order valence-electron chi connectivity index (χ2n) is 9.23. The number of aliphatic hydroxyl groups is 1. The first-order chi connectivity index (χ1) is 11.0. The minimum atomic E-state index is -0.275. The molecule has 5 aliphatic rings. The van der Waals surface area contributed by atoms with Crippen molar-refractivity contribution in [1.29, 1.82) is 0 Å². The van der Waals surface area contributed by atoms with E-state index in [-0.39, 0.29) is 11.9 Å². The molecule has 5 fully saturated rings. The van der Waals surface area contributed by atoms with Gasteiger partial charge in [-0.15, -0.1) is 0 Å². The number of hydrogen-bond donors (Lipinski definition) is 1. The summed E-state index contributed by atoms with van der Waals surface area (Å²) in [7, 11) is 0. The van der Waals surface area contributed by atoms with Gasteiger partial charge in [-0.3, -0.25) is 0 Å². The zero-order chi connectivity index (χ0) is 15.9. The van der Waals surface area contributed by atoms with Crippen LogP contribution in [0.1, 0.15) is 58.3 Å². The highest BCUT2D eigenvalue weighted by Crippen LogP contribution is 2.73. The molecule has 3 nitrogen and oxygen atoms in total. The molecular formula is C20H30O3. The monoisotopic (exact) mass is 318 g/mol. The number of hydrogen-bond acceptors (Lipinski definition) is 3. The summed E-state index contributed by atoms with van der Waals surface area (Å²) < 4.78 is 12.1. The normalized spacial score (nSPS) is 54.1. The van der Waals surface area contributed by atoms with Gasteiger partial charge in [-0.1, -0.05) is 19.1 Å². The Labute approximate surface area is 139 Å². The van der Waals surface area contributed by atoms with Crippen LogP contribution in [0.4, 0.5) is 0 Å². The summed E-state index contributed by atoms with van der Waals surface area (Å²) in [6.45, 7) is 8.34. The van der Waals surface area contributed by atoms with E-state index in [1.54, 1.807) is 0 Å².